The molecule has 0 nitrogen and oxygen atoms in total. The largest absolute Gasteiger partial charge is 0.135 e. The fraction of sp³-hybridized carbons (Fsp3) is 0. The summed E-state index contributed by atoms with van der Waals surface area (Å²) in [6.45, 7) is 9.12. The van der Waals surface area contributed by atoms with Crippen molar-refractivity contribution in [2.24, 2.45) is 0 Å². The molecule has 0 aliphatic heterocycles. The highest BCUT2D eigenvalue weighted by molar-refractivity contribution is 7.27. The summed E-state index contributed by atoms with van der Waals surface area (Å²) < 4.78 is 5.05. The summed E-state index contributed by atoms with van der Waals surface area (Å²) >= 11 is 3.69. The Bertz CT molecular complexity index is 3410. The van der Waals surface area contributed by atoms with Crippen LogP contribution in [-0.2, 0) is 0 Å². The maximum Gasteiger partial charge on any atom is 0.0448 e. The molecular formula is C52H32S2. The molecule has 0 aliphatic carbocycles. The van der Waals surface area contributed by atoms with Crippen LogP contribution < -0.4 is 9.75 Å². The van der Waals surface area contributed by atoms with Crippen LogP contribution in [0.25, 0.3) is 114 Å². The molecule has 0 amide bonds. The van der Waals surface area contributed by atoms with Crippen LogP contribution in [0.2, 0.25) is 0 Å². The van der Waals surface area contributed by atoms with Crippen molar-refractivity contribution in [2.45, 2.75) is 0 Å². The summed E-state index contributed by atoms with van der Waals surface area (Å²) in [4.78, 5) is 0. The maximum absolute atomic E-state index is 4.59. The van der Waals surface area contributed by atoms with Gasteiger partial charge in [0.1, 0.15) is 0 Å². The lowest BCUT2D eigenvalue weighted by atomic mass is 9.85. The summed E-state index contributed by atoms with van der Waals surface area (Å²) in [6.07, 6.45) is 2.24. The number of thiophene rings is 2. The van der Waals surface area contributed by atoms with Crippen LogP contribution >= 0.6 is 22.7 Å². The Kier molecular flexibility index (Phi) is 7.00. The zero-order chi connectivity index (χ0) is 35.9. The Hall–Kier alpha value is -6.32. The number of allylic oxidation sites excluding steroid dienone is 1. The summed E-state index contributed by atoms with van der Waals surface area (Å²) in [7, 11) is 0. The Morgan fingerprint density at radius 3 is 1.72 bits per heavy atom. The van der Waals surface area contributed by atoms with Crippen LogP contribution in [0, 0.1) is 0 Å². The predicted octanol–water partition coefficient (Wildman–Crippen LogP) is 14.1. The fourth-order valence-corrected chi connectivity index (χ4v) is 11.0. The second kappa shape index (κ2) is 12.1. The van der Waals surface area contributed by atoms with Crippen molar-refractivity contribution in [3.8, 4) is 22.3 Å². The van der Waals surface area contributed by atoms with Crippen LogP contribution in [0.15, 0.2) is 170 Å². The van der Waals surface area contributed by atoms with Crippen LogP contribution in [0.1, 0.15) is 5.56 Å². The first kappa shape index (κ1) is 31.2. The quantitative estimate of drug-likeness (QED) is 0.159. The average molecular weight is 721 g/mol. The minimum absolute atomic E-state index is 0.985. The molecule has 252 valence electrons. The molecule has 11 aromatic rings. The molecule has 2 aromatic heterocycles. The highest BCUT2D eigenvalue weighted by atomic mass is 32.1. The first-order valence-corrected chi connectivity index (χ1v) is 19.9. The van der Waals surface area contributed by atoms with E-state index in [1.54, 1.807) is 11.3 Å². The molecule has 0 fully saturated rings. The van der Waals surface area contributed by atoms with E-state index in [4.69, 9.17) is 0 Å². The van der Waals surface area contributed by atoms with E-state index in [-0.39, 0.29) is 0 Å². The fourth-order valence-electron chi connectivity index (χ4n) is 8.58. The van der Waals surface area contributed by atoms with Gasteiger partial charge >= 0.3 is 0 Å². The van der Waals surface area contributed by atoms with Crippen molar-refractivity contribution in [1.82, 2.24) is 0 Å². The van der Waals surface area contributed by atoms with Crippen LogP contribution in [0.4, 0.5) is 0 Å². The average Bonchev–Trinajstić information content (AvgIpc) is 3.76. The predicted molar refractivity (Wildman–Crippen MR) is 240 cm³/mol. The molecule has 0 saturated carbocycles. The number of rotatable bonds is 4. The van der Waals surface area contributed by atoms with Gasteiger partial charge < -0.3 is 0 Å². The monoisotopic (exact) mass is 720 g/mol. The Labute approximate surface area is 320 Å². The van der Waals surface area contributed by atoms with E-state index in [2.05, 4.69) is 183 Å². The van der Waals surface area contributed by atoms with E-state index >= 15 is 0 Å². The molecule has 11 rings (SSSR count). The lowest BCUT2D eigenvalue weighted by Crippen LogP contribution is -2.16. The maximum atomic E-state index is 4.59. The molecule has 0 bridgehead atoms. The van der Waals surface area contributed by atoms with E-state index < -0.39 is 0 Å². The second-order valence-electron chi connectivity index (χ2n) is 14.2. The second-order valence-corrected chi connectivity index (χ2v) is 16.3. The molecule has 0 radical (unpaired) electrons. The summed E-state index contributed by atoms with van der Waals surface area (Å²) in [5.41, 5.74) is 7.12. The molecule has 9 aromatic carbocycles. The Morgan fingerprint density at radius 2 is 1.00 bits per heavy atom. The van der Waals surface area contributed by atoms with Gasteiger partial charge in [-0.05, 0) is 95.4 Å². The van der Waals surface area contributed by atoms with Crippen molar-refractivity contribution < 1.29 is 0 Å². The smallest absolute Gasteiger partial charge is 0.0448 e. The van der Waals surface area contributed by atoms with Gasteiger partial charge in [0.2, 0.25) is 0 Å². The van der Waals surface area contributed by atoms with E-state index in [9.17, 15) is 0 Å². The lowest BCUT2D eigenvalue weighted by molar-refractivity contribution is 1.65. The minimum atomic E-state index is 0.985. The molecular weight excluding hydrogens is 689 g/mol. The van der Waals surface area contributed by atoms with Crippen LogP contribution in [0.5, 0.6) is 0 Å². The van der Waals surface area contributed by atoms with Crippen molar-refractivity contribution in [1.29, 1.82) is 0 Å². The van der Waals surface area contributed by atoms with Gasteiger partial charge in [0.25, 0.3) is 0 Å². The molecule has 0 saturated heterocycles. The van der Waals surface area contributed by atoms with E-state index in [0.717, 1.165) is 20.9 Å². The number of fused-ring (bicyclic) bond motifs is 10. The topological polar surface area (TPSA) is 0 Å². The first-order chi connectivity index (χ1) is 26.6. The SMILES string of the molecule is C=C(/C=c1\c(=C)sc2c1ccc1ccc3c4ccccc4sc3c12)c1ccc2cc(-c3c4ccccc4c(-c4ccccc4)c4ccccc34)ccc2c1. The molecule has 0 atom stereocenters. The standard InChI is InChI=1S/C52H32S2/c1-31(28-46-32(2)53-51-45(46)27-25-34-24-26-44-39-14-10-11-19-47(39)54-52(44)50(34)51)35-20-21-37-30-38(23-22-36(37)29-35)49-42-17-8-6-15-40(42)48(33-12-4-3-5-13-33)41-16-7-9-18-43(41)49/h3-30H,1-2H2/b46-28+. The molecule has 0 unspecified atom stereocenters. The van der Waals surface area contributed by atoms with E-state index in [0.29, 0.717) is 0 Å². The van der Waals surface area contributed by atoms with Gasteiger partial charge in [-0.15, -0.1) is 22.7 Å². The van der Waals surface area contributed by atoms with Gasteiger partial charge in [-0.3, -0.25) is 0 Å². The molecule has 0 N–H and O–H groups in total. The number of hydrogen-bond donors (Lipinski definition) is 0. The summed E-state index contributed by atoms with van der Waals surface area (Å²) in [6, 6.07) is 60.0. The molecule has 54 heavy (non-hydrogen) atoms. The highest BCUT2D eigenvalue weighted by Gasteiger charge is 2.17. The zero-order valence-corrected chi connectivity index (χ0v) is 31.0. The Morgan fingerprint density at radius 1 is 0.444 bits per heavy atom. The number of benzene rings is 9. The summed E-state index contributed by atoms with van der Waals surface area (Å²) in [5, 5.41) is 15.1. The lowest BCUT2D eigenvalue weighted by Gasteiger charge is -2.18. The van der Waals surface area contributed by atoms with E-state index in [1.807, 2.05) is 11.3 Å². The third kappa shape index (κ3) is 4.74. The van der Waals surface area contributed by atoms with Crippen molar-refractivity contribution in [3.05, 3.63) is 186 Å². The third-order valence-electron chi connectivity index (χ3n) is 11.1. The normalized spacial score (nSPS) is 12.3. The molecule has 2 heteroatoms. The van der Waals surface area contributed by atoms with Gasteiger partial charge in [0.05, 0.1) is 0 Å². The van der Waals surface area contributed by atoms with Crippen molar-refractivity contribution >= 4 is 114 Å². The van der Waals surface area contributed by atoms with Crippen molar-refractivity contribution in [2.75, 3.05) is 0 Å². The van der Waals surface area contributed by atoms with Crippen LogP contribution in [-0.4, -0.2) is 0 Å². The zero-order valence-electron chi connectivity index (χ0n) is 29.4. The molecule has 0 aliphatic rings. The van der Waals surface area contributed by atoms with Gasteiger partial charge in [-0.1, -0.05) is 159 Å². The van der Waals surface area contributed by atoms with Gasteiger partial charge in [0, 0.05) is 45.4 Å². The third-order valence-corrected chi connectivity index (χ3v) is 13.4. The van der Waals surface area contributed by atoms with E-state index in [1.165, 1.54) is 95.6 Å². The van der Waals surface area contributed by atoms with Gasteiger partial charge in [-0.2, -0.15) is 0 Å². The molecule has 0 spiro atoms. The Balaban J connectivity index is 1.02. The molecule has 2 heterocycles. The van der Waals surface area contributed by atoms with Gasteiger partial charge in [0.15, 0.2) is 0 Å². The van der Waals surface area contributed by atoms with Crippen LogP contribution in [0.3, 0.4) is 0 Å². The van der Waals surface area contributed by atoms with Crippen molar-refractivity contribution in [3.63, 3.8) is 0 Å². The number of hydrogen-bond acceptors (Lipinski definition) is 2. The summed E-state index contributed by atoms with van der Waals surface area (Å²) in [5.74, 6) is 0. The minimum Gasteiger partial charge on any atom is -0.135 e. The highest BCUT2D eigenvalue weighted by Crippen LogP contribution is 2.45. The first-order valence-electron chi connectivity index (χ1n) is 18.3. The van der Waals surface area contributed by atoms with Gasteiger partial charge in [-0.25, -0.2) is 0 Å².